The van der Waals surface area contributed by atoms with Crippen LogP contribution in [0.1, 0.15) is 36.0 Å². The third kappa shape index (κ3) is 4.14. The van der Waals surface area contributed by atoms with E-state index in [0.717, 1.165) is 41.6 Å². The number of imidazole rings is 1. The number of nitrogens with one attached hydrogen (secondary N) is 2. The lowest BCUT2D eigenvalue weighted by atomic mass is 10.1. The normalized spacial score (nSPS) is 14.6. The smallest absolute Gasteiger partial charge is 0.258 e. The summed E-state index contributed by atoms with van der Waals surface area (Å²) >= 11 is 0. The van der Waals surface area contributed by atoms with Gasteiger partial charge in [-0.25, -0.2) is 17.8 Å². The summed E-state index contributed by atoms with van der Waals surface area (Å²) in [5, 5.41) is 2.18. The van der Waals surface area contributed by atoms with E-state index in [2.05, 4.69) is 15.3 Å². The number of sulfone groups is 1. The van der Waals surface area contributed by atoms with Crippen molar-refractivity contribution in [3.63, 3.8) is 0 Å². The minimum atomic E-state index is -3.59. The molecule has 0 radical (unpaired) electrons. The van der Waals surface area contributed by atoms with Crippen LogP contribution < -0.4 is 5.32 Å². The van der Waals surface area contributed by atoms with Gasteiger partial charge in [0.15, 0.2) is 9.84 Å². The molecule has 0 bridgehead atoms. The molecule has 168 valence electrons. The summed E-state index contributed by atoms with van der Waals surface area (Å²) < 4.78 is 40.1. The average Bonchev–Trinajstić information content (AvgIpc) is 3.50. The molecule has 3 aromatic carbocycles. The number of anilines is 1. The van der Waals surface area contributed by atoms with Crippen LogP contribution in [0.25, 0.3) is 22.4 Å². The number of halogens is 1. The van der Waals surface area contributed by atoms with Crippen LogP contribution in [0.3, 0.4) is 0 Å². The second-order valence-corrected chi connectivity index (χ2v) is 10.5. The van der Waals surface area contributed by atoms with Crippen LogP contribution in [-0.2, 0) is 9.84 Å². The first-order valence-corrected chi connectivity index (χ1v) is 12.4. The Labute approximate surface area is 190 Å². The first kappa shape index (κ1) is 21.3. The average molecular weight is 464 g/mol. The third-order valence-electron chi connectivity index (χ3n) is 6.06. The fourth-order valence-electron chi connectivity index (χ4n) is 4.25. The highest BCUT2D eigenvalue weighted by Crippen LogP contribution is 2.30. The number of fused-ring (bicyclic) bond motifs is 1. The Balaban J connectivity index is 1.36. The van der Waals surface area contributed by atoms with Gasteiger partial charge in [-0.05, 0) is 67.4 Å². The van der Waals surface area contributed by atoms with Crippen molar-refractivity contribution in [1.82, 2.24) is 9.97 Å². The van der Waals surface area contributed by atoms with Crippen LogP contribution in [0.2, 0.25) is 0 Å². The molecule has 6 nitrogen and oxygen atoms in total. The molecule has 1 amide bonds. The molecule has 1 aliphatic carbocycles. The topological polar surface area (TPSA) is 91.9 Å². The Hall–Kier alpha value is -3.52. The van der Waals surface area contributed by atoms with E-state index in [1.54, 1.807) is 24.3 Å². The van der Waals surface area contributed by atoms with Crippen molar-refractivity contribution in [2.45, 2.75) is 35.8 Å². The van der Waals surface area contributed by atoms with E-state index in [1.165, 1.54) is 6.07 Å². The predicted octanol–water partition coefficient (Wildman–Crippen LogP) is 5.34. The van der Waals surface area contributed by atoms with Crippen LogP contribution in [0, 0.1) is 5.82 Å². The summed E-state index contributed by atoms with van der Waals surface area (Å²) in [5.74, 6) is -0.769. The van der Waals surface area contributed by atoms with Gasteiger partial charge in [0.05, 0.1) is 26.7 Å². The summed E-state index contributed by atoms with van der Waals surface area (Å²) in [7, 11) is -3.59. The number of carbonyl (C=O) groups excluding carboxylic acids is 1. The molecule has 1 aliphatic rings. The molecular formula is C25H22FN3O3S. The largest absolute Gasteiger partial charge is 0.338 e. The second-order valence-electron chi connectivity index (χ2n) is 8.23. The minimum Gasteiger partial charge on any atom is -0.338 e. The van der Waals surface area contributed by atoms with Crippen LogP contribution in [0.15, 0.2) is 71.6 Å². The van der Waals surface area contributed by atoms with Crippen LogP contribution in [0.4, 0.5) is 10.1 Å². The van der Waals surface area contributed by atoms with E-state index in [9.17, 15) is 17.6 Å². The van der Waals surface area contributed by atoms with Crippen molar-refractivity contribution in [1.29, 1.82) is 0 Å². The van der Waals surface area contributed by atoms with Crippen molar-refractivity contribution in [3.8, 4) is 11.4 Å². The van der Waals surface area contributed by atoms with E-state index in [1.807, 2.05) is 24.3 Å². The monoisotopic (exact) mass is 463 g/mol. The van der Waals surface area contributed by atoms with E-state index in [0.29, 0.717) is 24.4 Å². The van der Waals surface area contributed by atoms with Gasteiger partial charge in [-0.1, -0.05) is 25.0 Å². The predicted molar refractivity (Wildman–Crippen MR) is 125 cm³/mol. The standard InChI is InChI=1S/C25H22FN3O3S/c26-21-14-13-19(33(31,32)18-5-1-2-6-18)15-20(21)25(30)27-17-11-9-16(10-12-17)24-28-22-7-3-4-8-23(22)29-24/h3-4,7-15,18H,1-2,5-6H2,(H,27,30)(H,28,29). The lowest BCUT2D eigenvalue weighted by Crippen LogP contribution is -2.20. The van der Waals surface area contributed by atoms with E-state index < -0.39 is 26.8 Å². The number of benzene rings is 3. The Morgan fingerprint density at radius 1 is 1.00 bits per heavy atom. The molecule has 1 saturated carbocycles. The first-order valence-electron chi connectivity index (χ1n) is 10.8. The van der Waals surface area contributed by atoms with Crippen molar-refractivity contribution in [2.24, 2.45) is 0 Å². The molecule has 0 saturated heterocycles. The Bertz CT molecular complexity index is 1410. The molecule has 5 rings (SSSR count). The van der Waals surface area contributed by atoms with Crippen molar-refractivity contribution in [3.05, 3.63) is 78.1 Å². The second kappa shape index (κ2) is 8.44. The lowest BCUT2D eigenvalue weighted by Gasteiger charge is -2.13. The van der Waals surface area contributed by atoms with Gasteiger partial charge < -0.3 is 10.3 Å². The fourth-order valence-corrected chi connectivity index (χ4v) is 6.12. The van der Waals surface area contributed by atoms with Gasteiger partial charge >= 0.3 is 0 Å². The Morgan fingerprint density at radius 3 is 2.45 bits per heavy atom. The number of para-hydroxylation sites is 2. The summed E-state index contributed by atoms with van der Waals surface area (Å²) in [6.07, 6.45) is 2.92. The number of hydrogen-bond acceptors (Lipinski definition) is 4. The zero-order valence-corrected chi connectivity index (χ0v) is 18.5. The lowest BCUT2D eigenvalue weighted by molar-refractivity contribution is 0.102. The Kier molecular flexibility index (Phi) is 5.46. The van der Waals surface area contributed by atoms with Gasteiger partial charge in [0, 0.05) is 11.3 Å². The number of amides is 1. The highest BCUT2D eigenvalue weighted by molar-refractivity contribution is 7.92. The number of hydrogen-bond donors (Lipinski definition) is 2. The van der Waals surface area contributed by atoms with E-state index in [4.69, 9.17) is 0 Å². The summed E-state index contributed by atoms with van der Waals surface area (Å²) in [6.45, 7) is 0. The Morgan fingerprint density at radius 2 is 1.73 bits per heavy atom. The number of H-pyrrole nitrogens is 1. The van der Waals surface area contributed by atoms with E-state index in [-0.39, 0.29) is 10.5 Å². The maximum atomic E-state index is 14.4. The fraction of sp³-hybridized carbons (Fsp3) is 0.200. The van der Waals surface area contributed by atoms with Crippen molar-refractivity contribution in [2.75, 3.05) is 5.32 Å². The van der Waals surface area contributed by atoms with Gasteiger partial charge in [0.25, 0.3) is 5.91 Å². The van der Waals surface area contributed by atoms with Gasteiger partial charge in [-0.15, -0.1) is 0 Å². The molecular weight excluding hydrogens is 441 g/mol. The summed E-state index contributed by atoms with van der Waals surface area (Å²) in [5.41, 5.74) is 2.78. The molecule has 8 heteroatoms. The van der Waals surface area contributed by atoms with Crippen molar-refractivity contribution < 1.29 is 17.6 Å². The van der Waals surface area contributed by atoms with Crippen LogP contribution >= 0.6 is 0 Å². The molecule has 2 N–H and O–H groups in total. The maximum absolute atomic E-state index is 14.4. The zero-order valence-electron chi connectivity index (χ0n) is 17.7. The molecule has 0 unspecified atom stereocenters. The van der Waals surface area contributed by atoms with Gasteiger partial charge in [0.1, 0.15) is 11.6 Å². The van der Waals surface area contributed by atoms with Crippen LogP contribution in [-0.4, -0.2) is 29.5 Å². The third-order valence-corrected chi connectivity index (χ3v) is 8.32. The molecule has 1 aromatic heterocycles. The van der Waals surface area contributed by atoms with E-state index >= 15 is 0 Å². The molecule has 1 heterocycles. The molecule has 1 fully saturated rings. The number of rotatable bonds is 5. The summed E-state index contributed by atoms with van der Waals surface area (Å²) in [6, 6.07) is 18.1. The van der Waals surface area contributed by atoms with Gasteiger partial charge in [-0.2, -0.15) is 0 Å². The van der Waals surface area contributed by atoms with Crippen LogP contribution in [0.5, 0.6) is 0 Å². The zero-order chi connectivity index (χ0) is 23.0. The minimum absolute atomic E-state index is 0.0128. The van der Waals surface area contributed by atoms with Gasteiger partial charge in [0.2, 0.25) is 0 Å². The van der Waals surface area contributed by atoms with Gasteiger partial charge in [-0.3, -0.25) is 4.79 Å². The quantitative estimate of drug-likeness (QED) is 0.391. The summed E-state index contributed by atoms with van der Waals surface area (Å²) in [4.78, 5) is 20.5. The first-order chi connectivity index (χ1) is 15.9. The molecule has 0 spiro atoms. The molecule has 4 aromatic rings. The SMILES string of the molecule is O=C(Nc1ccc(-c2nc3ccccc3[nH]2)cc1)c1cc(S(=O)(=O)C2CCCC2)ccc1F. The highest BCUT2D eigenvalue weighted by atomic mass is 32.2. The number of aromatic nitrogens is 2. The molecule has 33 heavy (non-hydrogen) atoms. The number of aromatic amines is 1. The number of carbonyl (C=O) groups is 1. The highest BCUT2D eigenvalue weighted by Gasteiger charge is 2.31. The maximum Gasteiger partial charge on any atom is 0.258 e. The molecule has 0 aliphatic heterocycles. The van der Waals surface area contributed by atoms with Crippen molar-refractivity contribution >= 4 is 32.5 Å². The molecule has 0 atom stereocenters. The number of nitrogens with zero attached hydrogens (tertiary/aromatic N) is 1.